The minimum absolute atomic E-state index is 0.0863. The topological polar surface area (TPSA) is 49.8 Å². The molecular weight excluding hydrogens is 302 g/mol. The molecule has 4 heteroatoms. The summed E-state index contributed by atoms with van der Waals surface area (Å²) in [7, 11) is 1.73. The van der Waals surface area contributed by atoms with E-state index in [-0.39, 0.29) is 5.91 Å². The number of rotatable bonds is 7. The van der Waals surface area contributed by atoms with Crippen LogP contribution >= 0.6 is 0 Å². The lowest BCUT2D eigenvalue weighted by Crippen LogP contribution is -2.34. The third-order valence-electron chi connectivity index (χ3n) is 4.88. The third-order valence-corrected chi connectivity index (χ3v) is 4.88. The first-order valence-electron chi connectivity index (χ1n) is 9.00. The lowest BCUT2D eigenvalue weighted by molar-refractivity contribution is -0.126. The molecule has 3 rings (SSSR count). The van der Waals surface area contributed by atoms with Crippen molar-refractivity contribution in [3.8, 4) is 5.75 Å². The van der Waals surface area contributed by atoms with E-state index >= 15 is 0 Å². The molecule has 0 saturated heterocycles. The van der Waals surface area contributed by atoms with E-state index in [0.29, 0.717) is 18.6 Å². The smallest absolute Gasteiger partial charge is 0.246 e. The molecule has 0 radical (unpaired) electrons. The molecule has 2 aliphatic rings. The second-order valence-corrected chi connectivity index (χ2v) is 7.05. The number of aliphatic hydroxyl groups is 1. The van der Waals surface area contributed by atoms with Crippen molar-refractivity contribution in [1.82, 2.24) is 4.90 Å². The minimum atomic E-state index is -0.393. The first kappa shape index (κ1) is 17.0. The van der Waals surface area contributed by atoms with Crippen molar-refractivity contribution in [2.24, 2.45) is 5.92 Å². The van der Waals surface area contributed by atoms with E-state index in [9.17, 15) is 9.90 Å². The highest BCUT2D eigenvalue weighted by Gasteiger charge is 2.30. The van der Waals surface area contributed by atoms with Gasteiger partial charge in [0.2, 0.25) is 5.91 Å². The SMILES string of the molecule is CN(CC(O)C1CC1)C(=O)/C=C/c1cccc(OC2CCCC2)c1. The summed E-state index contributed by atoms with van der Waals surface area (Å²) >= 11 is 0. The fraction of sp³-hybridized carbons (Fsp3) is 0.550. The molecule has 0 aromatic heterocycles. The maximum Gasteiger partial charge on any atom is 0.246 e. The number of hydrogen-bond acceptors (Lipinski definition) is 3. The summed E-state index contributed by atoms with van der Waals surface area (Å²) in [5, 5.41) is 9.93. The van der Waals surface area contributed by atoms with Crippen LogP contribution in [0, 0.1) is 5.92 Å². The molecule has 0 heterocycles. The highest BCUT2D eigenvalue weighted by atomic mass is 16.5. The average molecular weight is 329 g/mol. The molecule has 0 aliphatic heterocycles. The summed E-state index contributed by atoms with van der Waals surface area (Å²) in [5.41, 5.74) is 0.954. The Labute approximate surface area is 144 Å². The molecule has 1 atom stereocenters. The Kier molecular flexibility index (Phi) is 5.56. The zero-order valence-electron chi connectivity index (χ0n) is 14.4. The molecule has 2 saturated carbocycles. The number of likely N-dealkylation sites (N-methyl/N-ethyl adjacent to an activating group) is 1. The molecule has 4 nitrogen and oxygen atoms in total. The number of ether oxygens (including phenoxy) is 1. The fourth-order valence-electron chi connectivity index (χ4n) is 3.19. The number of carbonyl (C=O) groups is 1. The van der Waals surface area contributed by atoms with Crippen LogP contribution in [0.5, 0.6) is 5.75 Å². The van der Waals surface area contributed by atoms with E-state index < -0.39 is 6.10 Å². The van der Waals surface area contributed by atoms with E-state index in [1.807, 2.05) is 30.3 Å². The van der Waals surface area contributed by atoms with Gasteiger partial charge < -0.3 is 14.7 Å². The number of carbonyl (C=O) groups excluding carboxylic acids is 1. The van der Waals surface area contributed by atoms with E-state index in [4.69, 9.17) is 4.74 Å². The van der Waals surface area contributed by atoms with Crippen molar-refractivity contribution in [2.75, 3.05) is 13.6 Å². The zero-order chi connectivity index (χ0) is 16.9. The lowest BCUT2D eigenvalue weighted by Gasteiger charge is -2.19. The fourth-order valence-corrected chi connectivity index (χ4v) is 3.19. The molecule has 1 amide bonds. The van der Waals surface area contributed by atoms with Crippen molar-refractivity contribution < 1.29 is 14.6 Å². The van der Waals surface area contributed by atoms with Gasteiger partial charge in [0.1, 0.15) is 5.75 Å². The van der Waals surface area contributed by atoms with Crippen molar-refractivity contribution >= 4 is 12.0 Å². The van der Waals surface area contributed by atoms with Crippen LogP contribution in [0.1, 0.15) is 44.1 Å². The molecular formula is C20H27NO3. The molecule has 2 fully saturated rings. The van der Waals surface area contributed by atoms with Crippen LogP contribution in [0.4, 0.5) is 0 Å². The Morgan fingerprint density at radius 2 is 2.08 bits per heavy atom. The normalized spacial score (nSPS) is 19.6. The summed E-state index contributed by atoms with van der Waals surface area (Å²) in [6.45, 7) is 0.401. The maximum absolute atomic E-state index is 12.2. The van der Waals surface area contributed by atoms with Crippen LogP contribution in [-0.4, -0.2) is 41.7 Å². The molecule has 0 spiro atoms. The van der Waals surface area contributed by atoms with Gasteiger partial charge in [-0.2, -0.15) is 0 Å². The Morgan fingerprint density at radius 1 is 1.33 bits per heavy atom. The lowest BCUT2D eigenvalue weighted by atomic mass is 10.2. The van der Waals surface area contributed by atoms with E-state index in [1.165, 1.54) is 12.8 Å². The summed E-state index contributed by atoms with van der Waals surface area (Å²) in [6, 6.07) is 7.86. The van der Waals surface area contributed by atoms with E-state index in [0.717, 1.165) is 37.0 Å². The minimum Gasteiger partial charge on any atom is -0.490 e. The highest BCUT2D eigenvalue weighted by molar-refractivity contribution is 5.91. The van der Waals surface area contributed by atoms with Gasteiger partial charge in [-0.1, -0.05) is 12.1 Å². The predicted molar refractivity (Wildman–Crippen MR) is 94.7 cm³/mol. The summed E-state index contributed by atoms with van der Waals surface area (Å²) < 4.78 is 5.99. The second kappa shape index (κ2) is 7.84. The predicted octanol–water partition coefficient (Wildman–Crippen LogP) is 3.25. The summed E-state index contributed by atoms with van der Waals surface area (Å²) in [6.07, 6.45) is 10.2. The van der Waals surface area contributed by atoms with Gasteiger partial charge in [-0.15, -0.1) is 0 Å². The third kappa shape index (κ3) is 4.84. The molecule has 1 N–H and O–H groups in total. The summed E-state index contributed by atoms with van der Waals surface area (Å²) in [4.78, 5) is 13.7. The van der Waals surface area contributed by atoms with Gasteiger partial charge in [0, 0.05) is 19.7 Å². The van der Waals surface area contributed by atoms with Crippen molar-refractivity contribution in [1.29, 1.82) is 0 Å². The van der Waals surface area contributed by atoms with Crippen LogP contribution in [-0.2, 0) is 4.79 Å². The van der Waals surface area contributed by atoms with Gasteiger partial charge in [0.05, 0.1) is 12.2 Å². The first-order valence-corrected chi connectivity index (χ1v) is 9.00. The average Bonchev–Trinajstić information content (AvgIpc) is 3.31. The second-order valence-electron chi connectivity index (χ2n) is 7.05. The van der Waals surface area contributed by atoms with Crippen LogP contribution in [0.3, 0.4) is 0 Å². The number of aliphatic hydroxyl groups excluding tert-OH is 1. The Balaban J connectivity index is 1.53. The van der Waals surface area contributed by atoms with Gasteiger partial charge in [0.25, 0.3) is 0 Å². The molecule has 2 aliphatic carbocycles. The van der Waals surface area contributed by atoms with Crippen molar-refractivity contribution in [2.45, 2.75) is 50.7 Å². The summed E-state index contributed by atoms with van der Waals surface area (Å²) in [5.74, 6) is 1.17. The molecule has 1 aromatic carbocycles. The Hall–Kier alpha value is -1.81. The highest BCUT2D eigenvalue weighted by Crippen LogP contribution is 2.32. The number of nitrogens with zero attached hydrogens (tertiary/aromatic N) is 1. The van der Waals surface area contributed by atoms with Gasteiger partial charge in [-0.3, -0.25) is 4.79 Å². The Bertz CT molecular complexity index is 588. The largest absolute Gasteiger partial charge is 0.490 e. The Morgan fingerprint density at radius 3 is 2.79 bits per heavy atom. The molecule has 1 unspecified atom stereocenters. The molecule has 1 aromatic rings. The van der Waals surface area contributed by atoms with Crippen molar-refractivity contribution in [3.63, 3.8) is 0 Å². The zero-order valence-corrected chi connectivity index (χ0v) is 14.4. The van der Waals surface area contributed by atoms with Crippen LogP contribution < -0.4 is 4.74 Å². The number of benzene rings is 1. The van der Waals surface area contributed by atoms with Crippen LogP contribution in [0.25, 0.3) is 6.08 Å². The van der Waals surface area contributed by atoms with E-state index in [2.05, 4.69) is 0 Å². The van der Waals surface area contributed by atoms with Crippen molar-refractivity contribution in [3.05, 3.63) is 35.9 Å². The van der Waals surface area contributed by atoms with Crippen LogP contribution in [0.2, 0.25) is 0 Å². The first-order chi connectivity index (χ1) is 11.6. The molecule has 0 bridgehead atoms. The number of amides is 1. The van der Waals surface area contributed by atoms with E-state index in [1.54, 1.807) is 18.0 Å². The monoisotopic (exact) mass is 329 g/mol. The quantitative estimate of drug-likeness (QED) is 0.781. The standard InChI is InChI=1S/C20H27NO3/c1-21(14-19(22)16-10-11-16)20(23)12-9-15-5-4-8-18(13-15)24-17-6-2-3-7-17/h4-5,8-9,12-13,16-17,19,22H,2-3,6-7,10-11,14H2,1H3/b12-9+. The van der Waals surface area contributed by atoms with Gasteiger partial charge >= 0.3 is 0 Å². The van der Waals surface area contributed by atoms with Gasteiger partial charge in [0.15, 0.2) is 0 Å². The van der Waals surface area contributed by atoms with Crippen LogP contribution in [0.15, 0.2) is 30.3 Å². The number of hydrogen-bond donors (Lipinski definition) is 1. The molecule has 130 valence electrons. The van der Waals surface area contributed by atoms with Gasteiger partial charge in [-0.25, -0.2) is 0 Å². The molecule has 24 heavy (non-hydrogen) atoms. The van der Waals surface area contributed by atoms with Gasteiger partial charge in [-0.05, 0) is 68.2 Å². The maximum atomic E-state index is 12.2.